The lowest BCUT2D eigenvalue weighted by Gasteiger charge is -2.08. The van der Waals surface area contributed by atoms with Gasteiger partial charge in [-0.1, -0.05) is 23.7 Å². The fraction of sp³-hybridized carbons (Fsp3) is 0.133. The van der Waals surface area contributed by atoms with Crippen LogP contribution in [0.15, 0.2) is 42.5 Å². The molecule has 4 heteroatoms. The number of nitrogens with one attached hydrogen (secondary N) is 1. The molecular weight excluding hydrogens is 260 g/mol. The summed E-state index contributed by atoms with van der Waals surface area (Å²) in [5, 5.41) is 3.82. The molecule has 0 aliphatic carbocycles. The Morgan fingerprint density at radius 3 is 2.47 bits per heavy atom. The Morgan fingerprint density at radius 2 is 1.89 bits per heavy atom. The number of hydrogen-bond acceptors (Lipinski definition) is 2. The van der Waals surface area contributed by atoms with Gasteiger partial charge in [-0.05, 0) is 42.8 Å². The minimum Gasteiger partial charge on any atom is -0.385 e. The summed E-state index contributed by atoms with van der Waals surface area (Å²) in [6, 6.07) is 12.9. The molecule has 0 radical (unpaired) electrons. The van der Waals surface area contributed by atoms with Crippen LogP contribution in [0.4, 0.5) is 5.69 Å². The highest BCUT2D eigenvalue weighted by atomic mass is 35.5. The van der Waals surface area contributed by atoms with E-state index in [4.69, 9.17) is 17.3 Å². The number of carbonyl (C=O) groups excluding carboxylic acids is 1. The first kappa shape index (κ1) is 13.4. The summed E-state index contributed by atoms with van der Waals surface area (Å²) < 4.78 is 0. The van der Waals surface area contributed by atoms with Crippen LogP contribution in [0.25, 0.3) is 11.1 Å². The molecule has 3 N–H and O–H groups in total. The highest BCUT2D eigenvalue weighted by Crippen LogP contribution is 2.29. The maximum atomic E-state index is 11.2. The Labute approximate surface area is 117 Å². The Kier molecular flexibility index (Phi) is 4.07. The second-order valence-corrected chi connectivity index (χ2v) is 4.57. The van der Waals surface area contributed by atoms with E-state index in [1.807, 2.05) is 31.2 Å². The summed E-state index contributed by atoms with van der Waals surface area (Å²) in [4.78, 5) is 11.2. The summed E-state index contributed by atoms with van der Waals surface area (Å²) in [5.74, 6) is -0.456. The number of amides is 1. The molecule has 2 aromatic carbocycles. The van der Waals surface area contributed by atoms with Crippen LogP contribution in [0.2, 0.25) is 5.02 Å². The van der Waals surface area contributed by atoms with Gasteiger partial charge in [0.1, 0.15) is 0 Å². The van der Waals surface area contributed by atoms with Gasteiger partial charge in [0.15, 0.2) is 0 Å². The molecule has 0 aromatic heterocycles. The van der Waals surface area contributed by atoms with E-state index in [9.17, 15) is 4.79 Å². The number of hydrogen-bond donors (Lipinski definition) is 2. The standard InChI is InChI=1S/C15H15ClN2O/c1-2-18-12-6-3-10(4-7-12)13-9-11(15(17)19)5-8-14(13)16/h3-9,18H,2H2,1H3,(H2,17,19). The SMILES string of the molecule is CCNc1ccc(-c2cc(C(N)=O)ccc2Cl)cc1. The number of nitrogens with two attached hydrogens (primary N) is 1. The van der Waals surface area contributed by atoms with Gasteiger partial charge in [-0.3, -0.25) is 4.79 Å². The Morgan fingerprint density at radius 1 is 1.21 bits per heavy atom. The van der Waals surface area contributed by atoms with Crippen molar-refractivity contribution in [2.75, 3.05) is 11.9 Å². The average molecular weight is 275 g/mol. The van der Waals surface area contributed by atoms with Gasteiger partial charge in [-0.2, -0.15) is 0 Å². The minimum atomic E-state index is -0.456. The molecular formula is C15H15ClN2O. The van der Waals surface area contributed by atoms with Gasteiger partial charge in [0.05, 0.1) is 0 Å². The zero-order chi connectivity index (χ0) is 13.8. The molecule has 2 aromatic rings. The van der Waals surface area contributed by atoms with E-state index in [1.54, 1.807) is 18.2 Å². The lowest BCUT2D eigenvalue weighted by Crippen LogP contribution is -2.10. The lowest BCUT2D eigenvalue weighted by atomic mass is 10.0. The average Bonchev–Trinajstić information content (AvgIpc) is 2.40. The van der Waals surface area contributed by atoms with Crippen LogP contribution in [0.1, 0.15) is 17.3 Å². The zero-order valence-corrected chi connectivity index (χ0v) is 11.4. The van der Waals surface area contributed by atoms with Crippen molar-refractivity contribution in [2.24, 2.45) is 5.73 Å². The molecule has 98 valence electrons. The maximum absolute atomic E-state index is 11.2. The summed E-state index contributed by atoms with van der Waals surface area (Å²) >= 11 is 6.17. The van der Waals surface area contributed by atoms with Gasteiger partial charge in [-0.15, -0.1) is 0 Å². The fourth-order valence-electron chi connectivity index (χ4n) is 1.87. The number of benzene rings is 2. The minimum absolute atomic E-state index is 0.454. The molecule has 19 heavy (non-hydrogen) atoms. The third-order valence-corrected chi connectivity index (χ3v) is 3.16. The second kappa shape index (κ2) is 5.76. The molecule has 1 amide bonds. The van der Waals surface area contributed by atoms with E-state index in [1.165, 1.54) is 0 Å². The van der Waals surface area contributed by atoms with E-state index >= 15 is 0 Å². The topological polar surface area (TPSA) is 55.1 Å². The predicted octanol–water partition coefficient (Wildman–Crippen LogP) is 3.54. The largest absolute Gasteiger partial charge is 0.385 e. The van der Waals surface area contributed by atoms with Gasteiger partial charge in [0, 0.05) is 28.4 Å². The van der Waals surface area contributed by atoms with Crippen molar-refractivity contribution in [1.82, 2.24) is 0 Å². The highest BCUT2D eigenvalue weighted by Gasteiger charge is 2.07. The number of carbonyl (C=O) groups is 1. The van der Waals surface area contributed by atoms with Crippen molar-refractivity contribution in [3.8, 4) is 11.1 Å². The number of primary amides is 1. The molecule has 0 spiro atoms. The maximum Gasteiger partial charge on any atom is 0.248 e. The monoisotopic (exact) mass is 274 g/mol. The molecule has 0 heterocycles. The van der Waals surface area contributed by atoms with Crippen LogP contribution in [-0.4, -0.2) is 12.5 Å². The van der Waals surface area contributed by atoms with Crippen LogP contribution in [0.3, 0.4) is 0 Å². The van der Waals surface area contributed by atoms with Crippen LogP contribution < -0.4 is 11.1 Å². The van der Waals surface area contributed by atoms with E-state index in [2.05, 4.69) is 5.32 Å². The summed E-state index contributed by atoms with van der Waals surface area (Å²) in [6.07, 6.45) is 0. The predicted molar refractivity (Wildman–Crippen MR) is 79.6 cm³/mol. The van der Waals surface area contributed by atoms with Crippen molar-refractivity contribution >= 4 is 23.2 Å². The van der Waals surface area contributed by atoms with Gasteiger partial charge in [-0.25, -0.2) is 0 Å². The van der Waals surface area contributed by atoms with Crippen molar-refractivity contribution in [3.63, 3.8) is 0 Å². The molecule has 0 bridgehead atoms. The molecule has 0 fully saturated rings. The Balaban J connectivity index is 2.40. The van der Waals surface area contributed by atoms with Crippen LogP contribution >= 0.6 is 11.6 Å². The van der Waals surface area contributed by atoms with Crippen molar-refractivity contribution in [3.05, 3.63) is 53.1 Å². The summed E-state index contributed by atoms with van der Waals surface area (Å²) in [6.45, 7) is 2.92. The molecule has 0 aliphatic rings. The first-order chi connectivity index (χ1) is 9.11. The number of anilines is 1. The second-order valence-electron chi connectivity index (χ2n) is 4.17. The van der Waals surface area contributed by atoms with Crippen LogP contribution in [0, 0.1) is 0 Å². The molecule has 0 saturated heterocycles. The smallest absolute Gasteiger partial charge is 0.248 e. The highest BCUT2D eigenvalue weighted by molar-refractivity contribution is 6.33. The first-order valence-electron chi connectivity index (χ1n) is 6.05. The third-order valence-electron chi connectivity index (χ3n) is 2.83. The van der Waals surface area contributed by atoms with Crippen LogP contribution in [0.5, 0.6) is 0 Å². The Bertz CT molecular complexity index is 594. The van der Waals surface area contributed by atoms with E-state index in [-0.39, 0.29) is 0 Å². The molecule has 0 saturated carbocycles. The van der Waals surface area contributed by atoms with Crippen molar-refractivity contribution in [2.45, 2.75) is 6.92 Å². The quantitative estimate of drug-likeness (QED) is 0.896. The van der Waals surface area contributed by atoms with Crippen molar-refractivity contribution < 1.29 is 4.79 Å². The van der Waals surface area contributed by atoms with E-state index < -0.39 is 5.91 Å². The number of halogens is 1. The fourth-order valence-corrected chi connectivity index (χ4v) is 2.10. The normalized spacial score (nSPS) is 10.2. The molecule has 3 nitrogen and oxygen atoms in total. The van der Waals surface area contributed by atoms with E-state index in [0.717, 1.165) is 23.4 Å². The van der Waals surface area contributed by atoms with Gasteiger partial charge < -0.3 is 11.1 Å². The number of rotatable bonds is 4. The molecule has 0 unspecified atom stereocenters. The molecule has 0 atom stereocenters. The van der Waals surface area contributed by atoms with Gasteiger partial charge in [0.25, 0.3) is 0 Å². The van der Waals surface area contributed by atoms with Crippen molar-refractivity contribution in [1.29, 1.82) is 0 Å². The zero-order valence-electron chi connectivity index (χ0n) is 10.6. The summed E-state index contributed by atoms with van der Waals surface area (Å²) in [5.41, 5.74) is 8.55. The van der Waals surface area contributed by atoms with Gasteiger partial charge >= 0.3 is 0 Å². The van der Waals surface area contributed by atoms with E-state index in [0.29, 0.717) is 10.6 Å². The lowest BCUT2D eigenvalue weighted by molar-refractivity contribution is 0.100. The molecule has 0 aliphatic heterocycles. The summed E-state index contributed by atoms with van der Waals surface area (Å²) in [7, 11) is 0. The first-order valence-corrected chi connectivity index (χ1v) is 6.43. The van der Waals surface area contributed by atoms with Crippen LogP contribution in [-0.2, 0) is 0 Å². The third kappa shape index (κ3) is 3.06. The Hall–Kier alpha value is -2.00. The molecule has 2 rings (SSSR count). The van der Waals surface area contributed by atoms with Gasteiger partial charge in [0.2, 0.25) is 5.91 Å².